The molecule has 0 atom stereocenters. The summed E-state index contributed by atoms with van der Waals surface area (Å²) in [6, 6.07) is 5.84. The first-order valence-corrected chi connectivity index (χ1v) is 8.54. The number of halogens is 2. The van der Waals surface area contributed by atoms with Crippen molar-refractivity contribution >= 4 is 44.1 Å². The third kappa shape index (κ3) is 3.93. The molecule has 0 saturated carbocycles. The van der Waals surface area contributed by atoms with Crippen LogP contribution in [0, 0.1) is 10.6 Å². The van der Waals surface area contributed by atoms with E-state index < -0.39 is 0 Å². The molecule has 0 amide bonds. The summed E-state index contributed by atoms with van der Waals surface area (Å²) < 4.78 is 7.59. The van der Waals surface area contributed by atoms with E-state index in [0.29, 0.717) is 10.6 Å². The van der Waals surface area contributed by atoms with Gasteiger partial charge in [-0.05, 0) is 62.4 Å². The fourth-order valence-corrected chi connectivity index (χ4v) is 3.11. The summed E-state index contributed by atoms with van der Waals surface area (Å²) >= 11 is 12.4. The molecule has 0 spiro atoms. The van der Waals surface area contributed by atoms with Gasteiger partial charge in [0.1, 0.15) is 16.2 Å². The highest BCUT2D eigenvalue weighted by Crippen LogP contribution is 2.30. The lowest BCUT2D eigenvalue weighted by molar-refractivity contribution is 0.412. The van der Waals surface area contributed by atoms with Crippen molar-refractivity contribution in [3.8, 4) is 17.1 Å². The van der Waals surface area contributed by atoms with Crippen LogP contribution in [0.3, 0.4) is 0 Å². The zero-order chi connectivity index (χ0) is 15.6. The summed E-state index contributed by atoms with van der Waals surface area (Å²) in [5.41, 5.74) is 2.04. The van der Waals surface area contributed by atoms with Gasteiger partial charge in [0.2, 0.25) is 0 Å². The van der Waals surface area contributed by atoms with E-state index in [1.54, 1.807) is 7.11 Å². The van der Waals surface area contributed by atoms with Gasteiger partial charge in [0.15, 0.2) is 0 Å². The van der Waals surface area contributed by atoms with Crippen molar-refractivity contribution in [3.05, 3.63) is 37.5 Å². The Bertz CT molecular complexity index is 713. The van der Waals surface area contributed by atoms with Crippen LogP contribution < -0.4 is 4.74 Å². The largest absolute Gasteiger partial charge is 0.496 e. The first-order valence-electron chi connectivity index (χ1n) is 6.55. The number of methoxy groups -OCH3 is 1. The van der Waals surface area contributed by atoms with E-state index in [-0.39, 0.29) is 0 Å². The Morgan fingerprint density at radius 2 is 2.05 bits per heavy atom. The average molecular weight is 432 g/mol. The second-order valence-electron chi connectivity index (χ2n) is 5.13. The molecule has 0 aliphatic heterocycles. The summed E-state index contributed by atoms with van der Waals surface area (Å²) in [7, 11) is 1.64. The molecule has 0 bridgehead atoms. The SMILES string of the molecule is COc1ccc(-c2nc(=S)c(Br)c(CC(C)C)[nH]2)cc1Br. The van der Waals surface area contributed by atoms with Gasteiger partial charge in [0.25, 0.3) is 0 Å². The molecule has 0 aliphatic rings. The van der Waals surface area contributed by atoms with Crippen molar-refractivity contribution in [2.75, 3.05) is 7.11 Å². The lowest BCUT2D eigenvalue weighted by Crippen LogP contribution is -2.02. The number of nitrogens with zero attached hydrogens (tertiary/aromatic N) is 1. The number of aromatic amines is 1. The van der Waals surface area contributed by atoms with Gasteiger partial charge in [-0.25, -0.2) is 4.98 Å². The van der Waals surface area contributed by atoms with Crippen LogP contribution in [0.1, 0.15) is 19.5 Å². The Morgan fingerprint density at radius 3 is 2.62 bits per heavy atom. The summed E-state index contributed by atoms with van der Waals surface area (Å²) in [5, 5.41) is 0. The van der Waals surface area contributed by atoms with Crippen LogP contribution in [-0.2, 0) is 6.42 Å². The Morgan fingerprint density at radius 1 is 1.33 bits per heavy atom. The molecule has 2 aromatic rings. The van der Waals surface area contributed by atoms with Gasteiger partial charge in [-0.2, -0.15) is 0 Å². The lowest BCUT2D eigenvalue weighted by Gasteiger charge is -2.11. The number of hydrogen-bond donors (Lipinski definition) is 1. The van der Waals surface area contributed by atoms with Gasteiger partial charge in [-0.15, -0.1) is 0 Å². The topological polar surface area (TPSA) is 37.9 Å². The molecule has 1 heterocycles. The highest BCUT2D eigenvalue weighted by molar-refractivity contribution is 9.10. The predicted octanol–water partition coefficient (Wildman–Crippen LogP) is 5.54. The fourth-order valence-electron chi connectivity index (χ4n) is 2.00. The predicted molar refractivity (Wildman–Crippen MR) is 95.4 cm³/mol. The van der Waals surface area contributed by atoms with Crippen LogP contribution in [0.15, 0.2) is 27.1 Å². The molecule has 0 aliphatic carbocycles. The minimum absolute atomic E-state index is 0.532. The molecular weight excluding hydrogens is 416 g/mol. The van der Waals surface area contributed by atoms with Gasteiger partial charge in [-0.1, -0.05) is 26.1 Å². The van der Waals surface area contributed by atoms with E-state index in [1.165, 1.54) is 0 Å². The van der Waals surface area contributed by atoms with E-state index in [4.69, 9.17) is 17.0 Å². The number of ether oxygens (including phenoxy) is 1. The zero-order valence-corrected chi connectivity index (χ0v) is 16.0. The van der Waals surface area contributed by atoms with Gasteiger partial charge < -0.3 is 9.72 Å². The van der Waals surface area contributed by atoms with Gasteiger partial charge in [0, 0.05) is 11.3 Å². The molecule has 1 aromatic carbocycles. The number of benzene rings is 1. The molecule has 1 N–H and O–H groups in total. The number of nitrogens with one attached hydrogen (secondary N) is 1. The molecule has 3 nitrogen and oxygen atoms in total. The molecule has 6 heteroatoms. The molecule has 0 saturated heterocycles. The third-order valence-corrected chi connectivity index (χ3v) is 5.00. The highest BCUT2D eigenvalue weighted by atomic mass is 79.9. The number of H-pyrrole nitrogens is 1. The van der Waals surface area contributed by atoms with Gasteiger partial charge >= 0.3 is 0 Å². The molecule has 0 fully saturated rings. The first kappa shape index (κ1) is 16.6. The molecule has 2 rings (SSSR count). The van der Waals surface area contributed by atoms with Crippen molar-refractivity contribution in [1.29, 1.82) is 0 Å². The zero-order valence-electron chi connectivity index (χ0n) is 12.0. The van der Waals surface area contributed by atoms with Crippen LogP contribution >= 0.6 is 44.1 Å². The van der Waals surface area contributed by atoms with E-state index in [1.807, 2.05) is 18.2 Å². The van der Waals surface area contributed by atoms with E-state index >= 15 is 0 Å². The summed E-state index contributed by atoms with van der Waals surface area (Å²) in [4.78, 5) is 7.84. The second-order valence-corrected chi connectivity index (χ2v) is 7.16. The monoisotopic (exact) mass is 430 g/mol. The van der Waals surface area contributed by atoms with E-state index in [9.17, 15) is 0 Å². The Hall–Kier alpha value is -0.720. The van der Waals surface area contributed by atoms with Crippen molar-refractivity contribution < 1.29 is 4.74 Å². The number of aromatic nitrogens is 2. The van der Waals surface area contributed by atoms with E-state index in [2.05, 4.69) is 55.7 Å². The minimum Gasteiger partial charge on any atom is -0.496 e. The van der Waals surface area contributed by atoms with Crippen molar-refractivity contribution in [2.45, 2.75) is 20.3 Å². The Balaban J connectivity index is 2.51. The Labute approximate surface area is 146 Å². The van der Waals surface area contributed by atoms with Crippen molar-refractivity contribution in [1.82, 2.24) is 9.97 Å². The maximum absolute atomic E-state index is 5.35. The third-order valence-electron chi connectivity index (χ3n) is 2.97. The summed E-state index contributed by atoms with van der Waals surface area (Å²) in [6.45, 7) is 4.35. The van der Waals surface area contributed by atoms with Crippen LogP contribution in [0.5, 0.6) is 5.75 Å². The number of hydrogen-bond acceptors (Lipinski definition) is 3. The summed E-state index contributed by atoms with van der Waals surface area (Å²) in [5.74, 6) is 2.09. The molecule has 1 aromatic heterocycles. The second kappa shape index (κ2) is 7.03. The highest BCUT2D eigenvalue weighted by Gasteiger charge is 2.11. The van der Waals surface area contributed by atoms with Crippen molar-refractivity contribution in [3.63, 3.8) is 0 Å². The Kier molecular flexibility index (Phi) is 5.57. The van der Waals surface area contributed by atoms with Crippen LogP contribution in [-0.4, -0.2) is 17.1 Å². The quantitative estimate of drug-likeness (QED) is 0.645. The molecular formula is C15H16Br2N2OS. The van der Waals surface area contributed by atoms with E-state index in [0.717, 1.165) is 38.2 Å². The van der Waals surface area contributed by atoms with Gasteiger partial charge in [-0.3, -0.25) is 0 Å². The van der Waals surface area contributed by atoms with Crippen LogP contribution in [0.2, 0.25) is 0 Å². The smallest absolute Gasteiger partial charge is 0.144 e. The molecule has 0 unspecified atom stereocenters. The van der Waals surface area contributed by atoms with Crippen molar-refractivity contribution in [2.24, 2.45) is 5.92 Å². The molecule has 21 heavy (non-hydrogen) atoms. The number of rotatable bonds is 4. The molecule has 0 radical (unpaired) electrons. The lowest BCUT2D eigenvalue weighted by atomic mass is 10.1. The maximum Gasteiger partial charge on any atom is 0.144 e. The summed E-state index contributed by atoms with van der Waals surface area (Å²) in [6.07, 6.45) is 0.914. The van der Waals surface area contributed by atoms with Crippen LogP contribution in [0.25, 0.3) is 11.4 Å². The first-order chi connectivity index (χ1) is 9.92. The van der Waals surface area contributed by atoms with Crippen LogP contribution in [0.4, 0.5) is 0 Å². The molecule has 112 valence electrons. The minimum atomic E-state index is 0.532. The fraction of sp³-hybridized carbons (Fsp3) is 0.333. The normalized spacial score (nSPS) is 11.0. The van der Waals surface area contributed by atoms with Gasteiger partial charge in [0.05, 0.1) is 16.1 Å². The maximum atomic E-state index is 5.35. The average Bonchev–Trinajstić information content (AvgIpc) is 2.43. The standard InChI is InChI=1S/C15H16Br2N2OS/c1-8(2)6-11-13(17)15(21)19-14(18-11)9-4-5-12(20-3)10(16)7-9/h4-5,7-8H,6H2,1-3H3,(H,18,19,21).